The van der Waals surface area contributed by atoms with E-state index in [1.807, 2.05) is 36.4 Å². The predicted octanol–water partition coefficient (Wildman–Crippen LogP) is 2.38. The molecule has 3 N–H and O–H groups in total. The Morgan fingerprint density at radius 2 is 1.73 bits per heavy atom. The SMILES string of the molecule is CN(CCC(O)C(Cc1ccccc1)NC(=O)c1ccccc1)C(=O)N1CCC[C@H]1C(=O)O. The third-order valence-electron chi connectivity index (χ3n) is 5.99. The minimum atomic E-state index is -0.999. The fraction of sp³-hybridized carbons (Fsp3) is 0.400. The molecule has 2 aromatic rings. The molecule has 1 heterocycles. The van der Waals surface area contributed by atoms with Crippen molar-refractivity contribution < 1.29 is 24.6 Å². The van der Waals surface area contributed by atoms with E-state index in [9.17, 15) is 24.6 Å². The Balaban J connectivity index is 1.63. The minimum absolute atomic E-state index is 0.231. The number of hydrogen-bond donors (Lipinski definition) is 3. The van der Waals surface area contributed by atoms with E-state index in [2.05, 4.69) is 5.32 Å². The number of rotatable bonds is 9. The second-order valence-corrected chi connectivity index (χ2v) is 8.39. The smallest absolute Gasteiger partial charge is 0.326 e. The summed E-state index contributed by atoms with van der Waals surface area (Å²) in [5.74, 6) is -1.28. The molecule has 2 aromatic carbocycles. The maximum atomic E-state index is 12.7. The standard InChI is InChI=1S/C25H31N3O5/c1-27(25(33)28-15-8-13-21(28)24(31)32)16-14-22(29)20(17-18-9-4-2-5-10-18)26-23(30)19-11-6-3-7-12-19/h2-7,9-12,20-22,29H,8,13-17H2,1H3,(H,26,30)(H,31,32)/t20?,21-,22?/m0/s1. The highest BCUT2D eigenvalue weighted by atomic mass is 16.4. The van der Waals surface area contributed by atoms with E-state index in [4.69, 9.17) is 0 Å². The van der Waals surface area contributed by atoms with Crippen molar-refractivity contribution >= 4 is 17.9 Å². The fourth-order valence-corrected chi connectivity index (χ4v) is 4.09. The molecular weight excluding hydrogens is 422 g/mol. The van der Waals surface area contributed by atoms with Gasteiger partial charge in [-0.1, -0.05) is 48.5 Å². The van der Waals surface area contributed by atoms with Crippen LogP contribution in [-0.4, -0.2) is 76.2 Å². The maximum absolute atomic E-state index is 12.7. The lowest BCUT2D eigenvalue weighted by Crippen LogP contribution is -2.49. The summed E-state index contributed by atoms with van der Waals surface area (Å²) in [6, 6.07) is 16.7. The topological polar surface area (TPSA) is 110 Å². The highest BCUT2D eigenvalue weighted by Gasteiger charge is 2.35. The van der Waals surface area contributed by atoms with Crippen LogP contribution in [0.4, 0.5) is 4.79 Å². The number of hydrogen-bond acceptors (Lipinski definition) is 4. The van der Waals surface area contributed by atoms with E-state index in [0.717, 1.165) is 5.56 Å². The predicted molar refractivity (Wildman–Crippen MR) is 124 cm³/mol. The summed E-state index contributed by atoms with van der Waals surface area (Å²) in [6.07, 6.45) is 0.875. The van der Waals surface area contributed by atoms with Gasteiger partial charge in [-0.15, -0.1) is 0 Å². The fourth-order valence-electron chi connectivity index (χ4n) is 4.09. The van der Waals surface area contributed by atoms with Crippen molar-refractivity contribution in [2.75, 3.05) is 20.1 Å². The number of carbonyl (C=O) groups is 3. The number of nitrogens with one attached hydrogen (secondary N) is 1. The molecule has 176 valence electrons. The normalized spacial score (nSPS) is 17.3. The average molecular weight is 454 g/mol. The molecule has 1 aliphatic rings. The zero-order valence-corrected chi connectivity index (χ0v) is 18.8. The van der Waals surface area contributed by atoms with E-state index in [1.54, 1.807) is 31.3 Å². The Labute approximate surface area is 193 Å². The molecule has 33 heavy (non-hydrogen) atoms. The number of carboxylic acids is 1. The first-order valence-electron chi connectivity index (χ1n) is 11.2. The monoisotopic (exact) mass is 453 g/mol. The molecule has 0 radical (unpaired) electrons. The molecule has 1 fully saturated rings. The van der Waals surface area contributed by atoms with E-state index in [0.29, 0.717) is 31.4 Å². The van der Waals surface area contributed by atoms with E-state index < -0.39 is 24.2 Å². The summed E-state index contributed by atoms with van der Waals surface area (Å²) < 4.78 is 0. The van der Waals surface area contributed by atoms with Crippen molar-refractivity contribution in [3.63, 3.8) is 0 Å². The maximum Gasteiger partial charge on any atom is 0.326 e. The van der Waals surface area contributed by atoms with Crippen LogP contribution in [0.5, 0.6) is 0 Å². The second-order valence-electron chi connectivity index (χ2n) is 8.39. The lowest BCUT2D eigenvalue weighted by atomic mass is 9.98. The molecule has 8 heteroatoms. The zero-order chi connectivity index (χ0) is 23.8. The molecule has 0 spiro atoms. The largest absolute Gasteiger partial charge is 0.480 e. The Kier molecular flexibility index (Phi) is 8.43. The van der Waals surface area contributed by atoms with Gasteiger partial charge in [0.1, 0.15) is 6.04 Å². The average Bonchev–Trinajstić information content (AvgIpc) is 3.33. The molecule has 3 amide bonds. The molecule has 0 aromatic heterocycles. The number of urea groups is 1. The number of carbonyl (C=O) groups excluding carboxylic acids is 2. The van der Waals surface area contributed by atoms with Crippen molar-refractivity contribution in [2.24, 2.45) is 0 Å². The van der Waals surface area contributed by atoms with Crippen LogP contribution >= 0.6 is 0 Å². The van der Waals surface area contributed by atoms with Crippen molar-refractivity contribution in [3.8, 4) is 0 Å². The van der Waals surface area contributed by atoms with Crippen molar-refractivity contribution in [2.45, 2.75) is 43.9 Å². The summed E-state index contributed by atoms with van der Waals surface area (Å²) in [7, 11) is 1.60. The van der Waals surface area contributed by atoms with E-state index >= 15 is 0 Å². The number of likely N-dealkylation sites (tertiary alicyclic amines) is 1. The lowest BCUT2D eigenvalue weighted by Gasteiger charge is -2.30. The highest BCUT2D eigenvalue weighted by Crippen LogP contribution is 2.19. The van der Waals surface area contributed by atoms with Gasteiger partial charge in [0.05, 0.1) is 12.1 Å². The number of carboxylic acid groups (broad SMARTS) is 1. The van der Waals surface area contributed by atoms with Crippen LogP contribution in [0.15, 0.2) is 60.7 Å². The molecule has 0 bridgehead atoms. The Bertz CT molecular complexity index is 938. The van der Waals surface area contributed by atoms with Crippen LogP contribution in [0, 0.1) is 0 Å². The third kappa shape index (κ3) is 6.55. The first-order valence-corrected chi connectivity index (χ1v) is 11.2. The van der Waals surface area contributed by atoms with Gasteiger partial charge in [-0.3, -0.25) is 4.79 Å². The third-order valence-corrected chi connectivity index (χ3v) is 5.99. The Hall–Kier alpha value is -3.39. The van der Waals surface area contributed by atoms with E-state index in [-0.39, 0.29) is 24.9 Å². The van der Waals surface area contributed by atoms with Gasteiger partial charge in [0.2, 0.25) is 0 Å². The van der Waals surface area contributed by atoms with Crippen molar-refractivity contribution in [1.82, 2.24) is 15.1 Å². The van der Waals surface area contributed by atoms with Gasteiger partial charge in [0.15, 0.2) is 0 Å². The van der Waals surface area contributed by atoms with Crippen molar-refractivity contribution in [1.29, 1.82) is 0 Å². The molecule has 2 unspecified atom stereocenters. The molecule has 3 rings (SSSR count). The summed E-state index contributed by atoms with van der Waals surface area (Å²) >= 11 is 0. The summed E-state index contributed by atoms with van der Waals surface area (Å²) in [5.41, 5.74) is 1.48. The first kappa shape index (κ1) is 24.3. The van der Waals surface area contributed by atoms with Crippen LogP contribution < -0.4 is 5.32 Å². The van der Waals surface area contributed by atoms with Gasteiger partial charge in [0.25, 0.3) is 5.91 Å². The van der Waals surface area contributed by atoms with Crippen LogP contribution in [0.3, 0.4) is 0 Å². The number of benzene rings is 2. The highest BCUT2D eigenvalue weighted by molar-refractivity contribution is 5.94. The van der Waals surface area contributed by atoms with Crippen molar-refractivity contribution in [3.05, 3.63) is 71.8 Å². The lowest BCUT2D eigenvalue weighted by molar-refractivity contribution is -0.141. The minimum Gasteiger partial charge on any atom is -0.480 e. The van der Waals surface area contributed by atoms with Crippen LogP contribution in [0.25, 0.3) is 0 Å². The second kappa shape index (κ2) is 11.5. The molecule has 1 aliphatic heterocycles. The molecule has 0 aliphatic carbocycles. The summed E-state index contributed by atoms with van der Waals surface area (Å²) in [5, 5.41) is 23.2. The van der Waals surface area contributed by atoms with Gasteiger partial charge in [-0.2, -0.15) is 0 Å². The van der Waals surface area contributed by atoms with Gasteiger partial charge < -0.3 is 25.3 Å². The molecule has 8 nitrogen and oxygen atoms in total. The van der Waals surface area contributed by atoms with Crippen LogP contribution in [0.2, 0.25) is 0 Å². The summed E-state index contributed by atoms with van der Waals surface area (Å²) in [6.45, 7) is 0.641. The van der Waals surface area contributed by atoms with E-state index in [1.165, 1.54) is 9.80 Å². The van der Waals surface area contributed by atoms with Gasteiger partial charge in [-0.25, -0.2) is 9.59 Å². The number of aliphatic carboxylic acids is 1. The number of amides is 3. The zero-order valence-electron chi connectivity index (χ0n) is 18.8. The Morgan fingerprint density at radius 1 is 1.09 bits per heavy atom. The van der Waals surface area contributed by atoms with Crippen LogP contribution in [0.1, 0.15) is 35.2 Å². The van der Waals surface area contributed by atoms with Gasteiger partial charge in [0, 0.05) is 25.7 Å². The number of aliphatic hydroxyl groups excluding tert-OH is 1. The number of aliphatic hydroxyl groups is 1. The molecule has 1 saturated heterocycles. The molecular formula is C25H31N3O5. The summed E-state index contributed by atoms with van der Waals surface area (Å²) in [4.78, 5) is 39.7. The van der Waals surface area contributed by atoms with Crippen LogP contribution in [-0.2, 0) is 11.2 Å². The molecule has 0 saturated carbocycles. The number of nitrogens with zero attached hydrogens (tertiary/aromatic N) is 2. The van der Waals surface area contributed by atoms with Gasteiger partial charge >= 0.3 is 12.0 Å². The molecule has 3 atom stereocenters. The first-order chi connectivity index (χ1) is 15.9. The quantitative estimate of drug-likeness (QED) is 0.540. The Morgan fingerprint density at radius 3 is 2.36 bits per heavy atom. The van der Waals surface area contributed by atoms with Gasteiger partial charge in [-0.05, 0) is 43.4 Å².